The number of hydrogen-bond donors (Lipinski definition) is 2. The van der Waals surface area contributed by atoms with Crippen LogP contribution in [0.3, 0.4) is 0 Å². The quantitative estimate of drug-likeness (QED) is 0.889. The molecule has 1 unspecified atom stereocenters. The molecule has 110 valence electrons. The lowest BCUT2D eigenvalue weighted by Gasteiger charge is -2.09. The van der Waals surface area contributed by atoms with Gasteiger partial charge in [0.2, 0.25) is 5.76 Å². The fourth-order valence-corrected chi connectivity index (χ4v) is 3.53. The Morgan fingerprint density at radius 1 is 1.38 bits per heavy atom. The first-order valence-corrected chi connectivity index (χ1v) is 8.05. The van der Waals surface area contributed by atoms with E-state index in [9.17, 15) is 13.2 Å². The van der Waals surface area contributed by atoms with Gasteiger partial charge in [0.25, 0.3) is 0 Å². The van der Waals surface area contributed by atoms with Crippen LogP contribution in [0.4, 0.5) is 0 Å². The molecule has 1 atom stereocenters. The van der Waals surface area contributed by atoms with E-state index in [0.717, 1.165) is 5.56 Å². The molecule has 1 aromatic carbocycles. The second-order valence-electron chi connectivity index (χ2n) is 4.93. The van der Waals surface area contributed by atoms with Gasteiger partial charge in [-0.05, 0) is 23.8 Å². The molecule has 3 rings (SSSR count). The van der Waals surface area contributed by atoms with Gasteiger partial charge >= 0.3 is 5.97 Å². The number of furan rings is 1. The molecule has 0 fully saturated rings. The van der Waals surface area contributed by atoms with Crippen LogP contribution in [0.5, 0.6) is 0 Å². The Kier molecular flexibility index (Phi) is 3.30. The van der Waals surface area contributed by atoms with Crippen molar-refractivity contribution in [3.63, 3.8) is 0 Å². The lowest BCUT2D eigenvalue weighted by Crippen LogP contribution is -2.29. The number of carboxylic acid groups (broad SMARTS) is 1. The third-order valence-electron chi connectivity index (χ3n) is 3.29. The topological polar surface area (TPSA) is 96.6 Å². The van der Waals surface area contributed by atoms with Gasteiger partial charge in [0.15, 0.2) is 9.84 Å². The molecule has 1 aliphatic heterocycles. The van der Waals surface area contributed by atoms with E-state index < -0.39 is 15.8 Å². The SMILES string of the molecule is O=C(O)c1cc2cc(CNC3C=CS(=O)(=O)C3)ccc2o1. The summed E-state index contributed by atoms with van der Waals surface area (Å²) in [6, 6.07) is 6.63. The molecule has 1 aliphatic rings. The minimum atomic E-state index is -3.06. The van der Waals surface area contributed by atoms with Gasteiger partial charge in [0, 0.05) is 23.4 Å². The summed E-state index contributed by atoms with van der Waals surface area (Å²) >= 11 is 0. The second-order valence-corrected chi connectivity index (χ2v) is 6.86. The Labute approximate surface area is 121 Å². The number of aromatic carboxylic acids is 1. The van der Waals surface area contributed by atoms with Gasteiger partial charge in [0.1, 0.15) is 5.58 Å². The molecule has 1 aromatic heterocycles. The molecule has 0 aliphatic carbocycles. The molecule has 2 aromatic rings. The average Bonchev–Trinajstić information content (AvgIpc) is 2.99. The van der Waals surface area contributed by atoms with E-state index in [0.29, 0.717) is 17.5 Å². The van der Waals surface area contributed by atoms with E-state index in [1.165, 1.54) is 11.5 Å². The number of nitrogens with one attached hydrogen (secondary N) is 1. The Bertz CT molecular complexity index is 834. The third-order valence-corrected chi connectivity index (χ3v) is 4.69. The largest absolute Gasteiger partial charge is 0.475 e. The molecule has 0 bridgehead atoms. The maximum Gasteiger partial charge on any atom is 0.371 e. The molecule has 0 saturated heterocycles. The van der Waals surface area contributed by atoms with Crippen molar-refractivity contribution in [2.45, 2.75) is 12.6 Å². The first kappa shape index (κ1) is 13.8. The van der Waals surface area contributed by atoms with Gasteiger partial charge in [-0.3, -0.25) is 0 Å². The van der Waals surface area contributed by atoms with Gasteiger partial charge in [-0.2, -0.15) is 0 Å². The van der Waals surface area contributed by atoms with E-state index in [1.54, 1.807) is 12.1 Å². The molecular formula is C14H13NO5S. The van der Waals surface area contributed by atoms with Gasteiger partial charge in [0.05, 0.1) is 5.75 Å². The van der Waals surface area contributed by atoms with Crippen molar-refractivity contribution in [2.75, 3.05) is 5.75 Å². The molecule has 6 nitrogen and oxygen atoms in total. The summed E-state index contributed by atoms with van der Waals surface area (Å²) in [5, 5.41) is 14.0. The minimum absolute atomic E-state index is 0.0735. The van der Waals surface area contributed by atoms with Crippen molar-refractivity contribution in [2.24, 2.45) is 0 Å². The lowest BCUT2D eigenvalue weighted by molar-refractivity contribution is 0.0665. The van der Waals surface area contributed by atoms with Gasteiger partial charge in [-0.25, -0.2) is 13.2 Å². The van der Waals surface area contributed by atoms with Crippen molar-refractivity contribution in [1.82, 2.24) is 5.32 Å². The Balaban J connectivity index is 1.73. The molecule has 0 amide bonds. The highest BCUT2D eigenvalue weighted by atomic mass is 32.2. The third kappa shape index (κ3) is 2.98. The number of hydrogen-bond acceptors (Lipinski definition) is 5. The van der Waals surface area contributed by atoms with Crippen LogP contribution in [0.2, 0.25) is 0 Å². The summed E-state index contributed by atoms with van der Waals surface area (Å²) in [4.78, 5) is 10.8. The van der Waals surface area contributed by atoms with Crippen LogP contribution in [-0.4, -0.2) is 31.3 Å². The van der Waals surface area contributed by atoms with Crippen LogP contribution in [0, 0.1) is 0 Å². The van der Waals surface area contributed by atoms with Crippen LogP contribution in [-0.2, 0) is 16.4 Å². The van der Waals surface area contributed by atoms with Crippen molar-refractivity contribution in [1.29, 1.82) is 0 Å². The second kappa shape index (κ2) is 5.01. The summed E-state index contributed by atoms with van der Waals surface area (Å²) in [6.07, 6.45) is 1.63. The van der Waals surface area contributed by atoms with Gasteiger partial charge in [-0.1, -0.05) is 12.1 Å². The molecule has 0 saturated carbocycles. The predicted molar refractivity (Wildman–Crippen MR) is 76.7 cm³/mol. The van der Waals surface area contributed by atoms with Crippen LogP contribution < -0.4 is 5.32 Å². The maximum absolute atomic E-state index is 11.3. The van der Waals surface area contributed by atoms with E-state index in [-0.39, 0.29) is 17.6 Å². The molecular weight excluding hydrogens is 294 g/mol. The van der Waals surface area contributed by atoms with Crippen molar-refractivity contribution >= 4 is 26.8 Å². The molecule has 7 heteroatoms. The highest BCUT2D eigenvalue weighted by molar-refractivity contribution is 7.94. The number of benzene rings is 1. The summed E-state index contributed by atoms with van der Waals surface area (Å²) in [5.74, 6) is -1.13. The van der Waals surface area contributed by atoms with Crippen LogP contribution in [0.15, 0.2) is 40.2 Å². The van der Waals surface area contributed by atoms with E-state index in [4.69, 9.17) is 9.52 Å². The highest BCUT2D eigenvalue weighted by Crippen LogP contribution is 2.21. The minimum Gasteiger partial charge on any atom is -0.475 e. The average molecular weight is 307 g/mol. The smallest absolute Gasteiger partial charge is 0.371 e. The molecule has 2 heterocycles. The standard InChI is InChI=1S/C14H13NO5S/c16-14(17)13-6-10-5-9(1-2-12(10)20-13)7-15-11-3-4-21(18,19)8-11/h1-6,11,15H,7-8H2,(H,16,17). The normalized spacial score (nSPS) is 20.1. The van der Waals surface area contributed by atoms with Gasteiger partial charge < -0.3 is 14.8 Å². The van der Waals surface area contributed by atoms with Crippen molar-refractivity contribution in [3.8, 4) is 0 Å². The fraction of sp³-hybridized carbons (Fsp3) is 0.214. The maximum atomic E-state index is 11.3. The van der Waals surface area contributed by atoms with Crippen LogP contribution in [0.25, 0.3) is 11.0 Å². The zero-order chi connectivity index (χ0) is 15.0. The van der Waals surface area contributed by atoms with E-state index in [1.807, 2.05) is 12.1 Å². The summed E-state index contributed by atoms with van der Waals surface area (Å²) in [5.41, 5.74) is 1.44. The Morgan fingerprint density at radius 3 is 2.86 bits per heavy atom. The predicted octanol–water partition coefficient (Wildman–Crippen LogP) is 1.53. The Morgan fingerprint density at radius 2 is 2.19 bits per heavy atom. The number of rotatable bonds is 4. The van der Waals surface area contributed by atoms with Crippen molar-refractivity contribution in [3.05, 3.63) is 47.1 Å². The first-order chi connectivity index (χ1) is 9.93. The Hall–Kier alpha value is -2.12. The monoisotopic (exact) mass is 307 g/mol. The molecule has 21 heavy (non-hydrogen) atoms. The molecule has 0 radical (unpaired) electrons. The van der Waals surface area contributed by atoms with Crippen molar-refractivity contribution < 1.29 is 22.7 Å². The zero-order valence-corrected chi connectivity index (χ0v) is 11.8. The number of carboxylic acids is 1. The summed E-state index contributed by atoms with van der Waals surface area (Å²) in [6.45, 7) is 0.494. The van der Waals surface area contributed by atoms with E-state index in [2.05, 4.69) is 5.32 Å². The van der Waals surface area contributed by atoms with Crippen LogP contribution in [0.1, 0.15) is 16.1 Å². The summed E-state index contributed by atoms with van der Waals surface area (Å²) < 4.78 is 27.8. The zero-order valence-electron chi connectivity index (χ0n) is 10.9. The number of fused-ring (bicyclic) bond motifs is 1. The number of carbonyl (C=O) groups is 1. The first-order valence-electron chi connectivity index (χ1n) is 6.33. The lowest BCUT2D eigenvalue weighted by atomic mass is 10.1. The van der Waals surface area contributed by atoms with Gasteiger partial charge in [-0.15, -0.1) is 0 Å². The molecule has 2 N–H and O–H groups in total. The fourth-order valence-electron chi connectivity index (χ4n) is 2.26. The number of sulfone groups is 1. The van der Waals surface area contributed by atoms with E-state index >= 15 is 0 Å². The molecule has 0 spiro atoms. The highest BCUT2D eigenvalue weighted by Gasteiger charge is 2.20. The van der Waals surface area contributed by atoms with Crippen LogP contribution >= 0.6 is 0 Å². The summed E-state index contributed by atoms with van der Waals surface area (Å²) in [7, 11) is -3.06.